The highest BCUT2D eigenvalue weighted by Gasteiger charge is 2.18. The molecule has 164 valence electrons. The summed E-state index contributed by atoms with van der Waals surface area (Å²) in [7, 11) is 1.85. The lowest BCUT2D eigenvalue weighted by atomic mass is 10.1. The molecule has 8 nitrogen and oxygen atoms in total. The van der Waals surface area contributed by atoms with Gasteiger partial charge in [-0.15, -0.1) is 0 Å². The summed E-state index contributed by atoms with van der Waals surface area (Å²) in [5.41, 5.74) is 6.21. The van der Waals surface area contributed by atoms with Crippen molar-refractivity contribution < 1.29 is 0 Å². The Morgan fingerprint density at radius 1 is 0.781 bits per heavy atom. The fourth-order valence-electron chi connectivity index (χ4n) is 3.91. The van der Waals surface area contributed by atoms with E-state index in [1.165, 1.54) is 5.56 Å². The first-order chi connectivity index (χ1) is 15.2. The third-order valence-electron chi connectivity index (χ3n) is 5.45. The lowest BCUT2D eigenvalue weighted by molar-refractivity contribution is 0.630. The lowest BCUT2D eigenvalue weighted by Gasteiger charge is -2.13. The summed E-state index contributed by atoms with van der Waals surface area (Å²) in [5, 5.41) is 6.44. The molecule has 2 N–H and O–H groups in total. The quantitative estimate of drug-likeness (QED) is 0.489. The van der Waals surface area contributed by atoms with E-state index in [0.29, 0.717) is 23.4 Å². The first kappa shape index (κ1) is 21.3. The standard InChI is InChI=1S/C24H27N7O/c1-14-12-15(2)20(16(3)13-14)27-23-25-18(5)26-24(29-23)28-21-17(4)30(6)31(22(21)32)19-10-8-7-9-11-19/h7-13H,1-6H3,(H2,25,26,27,28,29). The molecule has 0 aliphatic carbocycles. The Kier molecular flexibility index (Phi) is 5.52. The first-order valence-electron chi connectivity index (χ1n) is 10.4. The number of hydrogen-bond donors (Lipinski definition) is 2. The van der Waals surface area contributed by atoms with Crippen molar-refractivity contribution in [3.63, 3.8) is 0 Å². The number of hydrogen-bond acceptors (Lipinski definition) is 6. The second-order valence-electron chi connectivity index (χ2n) is 7.99. The monoisotopic (exact) mass is 429 g/mol. The van der Waals surface area contributed by atoms with Crippen LogP contribution in [-0.2, 0) is 7.05 Å². The van der Waals surface area contributed by atoms with Crippen molar-refractivity contribution in [1.82, 2.24) is 24.3 Å². The maximum atomic E-state index is 13.2. The summed E-state index contributed by atoms with van der Waals surface area (Å²) in [6.07, 6.45) is 0. The number of aromatic nitrogens is 5. The van der Waals surface area contributed by atoms with Gasteiger partial charge in [0.25, 0.3) is 5.56 Å². The molecule has 0 amide bonds. The molecule has 0 bridgehead atoms. The van der Waals surface area contributed by atoms with Crippen molar-refractivity contribution in [1.29, 1.82) is 0 Å². The maximum Gasteiger partial charge on any atom is 0.295 e. The fourth-order valence-corrected chi connectivity index (χ4v) is 3.91. The highest BCUT2D eigenvalue weighted by Crippen LogP contribution is 2.25. The molecule has 0 saturated carbocycles. The van der Waals surface area contributed by atoms with E-state index in [-0.39, 0.29) is 5.56 Å². The van der Waals surface area contributed by atoms with E-state index in [0.717, 1.165) is 28.2 Å². The maximum absolute atomic E-state index is 13.2. The van der Waals surface area contributed by atoms with Gasteiger partial charge in [-0.1, -0.05) is 35.9 Å². The van der Waals surface area contributed by atoms with E-state index in [2.05, 4.69) is 58.5 Å². The fraction of sp³-hybridized carbons (Fsp3) is 0.250. The minimum absolute atomic E-state index is 0.172. The second-order valence-corrected chi connectivity index (χ2v) is 7.99. The van der Waals surface area contributed by atoms with Crippen LogP contribution in [0, 0.1) is 34.6 Å². The molecule has 0 fully saturated rings. The summed E-state index contributed by atoms with van der Waals surface area (Å²) in [6.45, 7) is 9.86. The molecule has 32 heavy (non-hydrogen) atoms. The molecule has 0 unspecified atom stereocenters. The van der Waals surface area contributed by atoms with Crippen molar-refractivity contribution in [3.05, 3.63) is 81.0 Å². The Morgan fingerprint density at radius 2 is 1.34 bits per heavy atom. The lowest BCUT2D eigenvalue weighted by Crippen LogP contribution is -2.20. The average Bonchev–Trinajstić information content (AvgIpc) is 2.94. The van der Waals surface area contributed by atoms with E-state index in [4.69, 9.17) is 0 Å². The molecule has 2 heterocycles. The smallest absolute Gasteiger partial charge is 0.295 e. The minimum atomic E-state index is -0.172. The zero-order valence-electron chi connectivity index (χ0n) is 19.2. The van der Waals surface area contributed by atoms with E-state index in [1.807, 2.05) is 49.0 Å². The molecule has 2 aromatic heterocycles. The predicted octanol–water partition coefficient (Wildman–Crippen LogP) is 4.39. The van der Waals surface area contributed by atoms with Crippen molar-refractivity contribution in [2.24, 2.45) is 7.05 Å². The van der Waals surface area contributed by atoms with Gasteiger partial charge >= 0.3 is 0 Å². The van der Waals surface area contributed by atoms with Crippen LogP contribution in [0.25, 0.3) is 5.69 Å². The Labute approximate surface area is 187 Å². The Morgan fingerprint density at radius 3 is 1.94 bits per heavy atom. The van der Waals surface area contributed by atoms with E-state index < -0.39 is 0 Å². The molecule has 8 heteroatoms. The van der Waals surface area contributed by atoms with Crippen LogP contribution < -0.4 is 16.2 Å². The molecule has 0 saturated heterocycles. The molecule has 0 radical (unpaired) electrons. The molecule has 0 aliphatic rings. The van der Waals surface area contributed by atoms with E-state index in [1.54, 1.807) is 11.6 Å². The molecule has 0 aliphatic heterocycles. The van der Waals surface area contributed by atoms with Crippen molar-refractivity contribution in [2.75, 3.05) is 10.6 Å². The summed E-state index contributed by atoms with van der Waals surface area (Å²) in [6, 6.07) is 13.7. The molecular formula is C24H27N7O. The van der Waals surface area contributed by atoms with Crippen molar-refractivity contribution in [3.8, 4) is 5.69 Å². The summed E-state index contributed by atoms with van der Waals surface area (Å²) in [4.78, 5) is 26.5. The van der Waals surface area contributed by atoms with Gasteiger partial charge in [0.15, 0.2) is 0 Å². The van der Waals surface area contributed by atoms with Crippen LogP contribution in [0.3, 0.4) is 0 Å². The van der Waals surface area contributed by atoms with Crippen LogP contribution in [0.2, 0.25) is 0 Å². The Bertz CT molecular complexity index is 1330. The molecule has 4 rings (SSSR count). The third kappa shape index (κ3) is 3.99. The van der Waals surface area contributed by atoms with Crippen LogP contribution in [0.5, 0.6) is 0 Å². The van der Waals surface area contributed by atoms with Crippen molar-refractivity contribution in [2.45, 2.75) is 34.6 Å². The number of aryl methyl sites for hydroxylation is 4. The van der Waals surface area contributed by atoms with E-state index in [9.17, 15) is 4.79 Å². The number of anilines is 4. The summed E-state index contributed by atoms with van der Waals surface area (Å²) >= 11 is 0. The van der Waals surface area contributed by atoms with Crippen LogP contribution in [0.1, 0.15) is 28.2 Å². The third-order valence-corrected chi connectivity index (χ3v) is 5.45. The average molecular weight is 430 g/mol. The normalized spacial score (nSPS) is 10.9. The number of benzene rings is 2. The zero-order chi connectivity index (χ0) is 23.0. The first-order valence-corrected chi connectivity index (χ1v) is 10.4. The molecule has 4 aromatic rings. The highest BCUT2D eigenvalue weighted by molar-refractivity contribution is 5.65. The predicted molar refractivity (Wildman–Crippen MR) is 128 cm³/mol. The minimum Gasteiger partial charge on any atom is -0.324 e. The number of nitrogens with one attached hydrogen (secondary N) is 2. The van der Waals surface area contributed by atoms with Gasteiger partial charge in [-0.2, -0.15) is 15.0 Å². The molecule has 0 atom stereocenters. The van der Waals surface area contributed by atoms with Crippen LogP contribution >= 0.6 is 0 Å². The topological polar surface area (TPSA) is 89.7 Å². The van der Waals surface area contributed by atoms with Gasteiger partial charge in [-0.3, -0.25) is 9.48 Å². The van der Waals surface area contributed by atoms with Crippen LogP contribution in [-0.4, -0.2) is 24.3 Å². The van der Waals surface area contributed by atoms with Gasteiger partial charge in [-0.25, -0.2) is 4.68 Å². The molecule has 2 aromatic carbocycles. The number of nitrogens with zero attached hydrogens (tertiary/aromatic N) is 5. The second kappa shape index (κ2) is 8.30. The van der Waals surface area contributed by atoms with Crippen LogP contribution in [0.15, 0.2) is 47.3 Å². The van der Waals surface area contributed by atoms with Gasteiger partial charge < -0.3 is 10.6 Å². The largest absolute Gasteiger partial charge is 0.324 e. The highest BCUT2D eigenvalue weighted by atomic mass is 16.1. The Balaban J connectivity index is 1.70. The number of rotatable bonds is 5. The number of para-hydroxylation sites is 1. The van der Waals surface area contributed by atoms with Gasteiger partial charge in [-0.05, 0) is 57.9 Å². The Hall–Kier alpha value is -3.94. The zero-order valence-corrected chi connectivity index (χ0v) is 19.2. The van der Waals surface area contributed by atoms with Crippen molar-refractivity contribution >= 4 is 23.3 Å². The van der Waals surface area contributed by atoms with Gasteiger partial charge in [0, 0.05) is 12.7 Å². The SMILES string of the molecule is Cc1cc(C)c(Nc2nc(C)nc(Nc3c(C)n(C)n(-c4ccccc4)c3=O)n2)c(C)c1. The summed E-state index contributed by atoms with van der Waals surface area (Å²) < 4.78 is 3.43. The van der Waals surface area contributed by atoms with Crippen LogP contribution in [0.4, 0.5) is 23.3 Å². The van der Waals surface area contributed by atoms with E-state index >= 15 is 0 Å². The summed E-state index contributed by atoms with van der Waals surface area (Å²) in [5.74, 6) is 1.28. The molecular weight excluding hydrogens is 402 g/mol. The van der Waals surface area contributed by atoms with Gasteiger partial charge in [0.05, 0.1) is 11.4 Å². The molecule has 0 spiro atoms. The van der Waals surface area contributed by atoms with Gasteiger partial charge in [0.2, 0.25) is 11.9 Å². The van der Waals surface area contributed by atoms with Gasteiger partial charge in [0.1, 0.15) is 11.5 Å².